The van der Waals surface area contributed by atoms with Gasteiger partial charge in [0.15, 0.2) is 0 Å². The van der Waals surface area contributed by atoms with E-state index in [4.69, 9.17) is 10.2 Å². The van der Waals surface area contributed by atoms with E-state index >= 15 is 0 Å². The van der Waals surface area contributed by atoms with Crippen LogP contribution >= 0.6 is 0 Å². The van der Waals surface area contributed by atoms with Gasteiger partial charge in [-0.1, -0.05) is 0 Å². The van der Waals surface area contributed by atoms with E-state index in [1.165, 1.54) is 6.92 Å². The van der Waals surface area contributed by atoms with Crippen LogP contribution < -0.4 is 5.32 Å². The lowest BCUT2D eigenvalue weighted by Crippen LogP contribution is -2.42. The van der Waals surface area contributed by atoms with Crippen LogP contribution in [0.15, 0.2) is 0 Å². The Hall–Kier alpha value is -0.230. The number of alkyl halides is 1. The monoisotopic (exact) mass is 179 g/mol. The van der Waals surface area contributed by atoms with E-state index in [9.17, 15) is 9.50 Å². The van der Waals surface area contributed by atoms with Crippen LogP contribution in [0.1, 0.15) is 6.92 Å². The minimum absolute atomic E-state index is 0.374. The van der Waals surface area contributed by atoms with Crippen LogP contribution in [0.4, 0.5) is 4.39 Å². The molecule has 1 rings (SSSR count). The second-order valence-corrected chi connectivity index (χ2v) is 3.16. The van der Waals surface area contributed by atoms with Crippen molar-refractivity contribution in [3.05, 3.63) is 0 Å². The van der Waals surface area contributed by atoms with Gasteiger partial charge >= 0.3 is 0 Å². The summed E-state index contributed by atoms with van der Waals surface area (Å²) in [4.78, 5) is 0. The Kier molecular flexibility index (Phi) is 3.00. The van der Waals surface area contributed by atoms with E-state index < -0.39 is 30.5 Å². The maximum absolute atomic E-state index is 13.0. The van der Waals surface area contributed by atoms with Gasteiger partial charge in [0, 0.05) is 0 Å². The summed E-state index contributed by atoms with van der Waals surface area (Å²) in [6.07, 6.45) is -3.56. The minimum Gasteiger partial charge on any atom is -0.395 e. The van der Waals surface area contributed by atoms with Gasteiger partial charge in [0.25, 0.3) is 0 Å². The smallest absolute Gasteiger partial charge is 0.145 e. The third-order valence-electron chi connectivity index (χ3n) is 2.20. The zero-order valence-corrected chi connectivity index (χ0v) is 6.81. The highest BCUT2D eigenvalue weighted by Gasteiger charge is 2.43. The number of hydrogen-bond acceptors (Lipinski definition) is 4. The fourth-order valence-corrected chi connectivity index (χ4v) is 1.45. The number of hydrogen-bond donors (Lipinski definition) is 4. The molecular weight excluding hydrogens is 165 g/mol. The Morgan fingerprint density at radius 3 is 2.42 bits per heavy atom. The Bertz CT molecular complexity index is 156. The van der Waals surface area contributed by atoms with E-state index in [1.54, 1.807) is 0 Å². The zero-order chi connectivity index (χ0) is 9.30. The van der Waals surface area contributed by atoms with E-state index in [1.807, 2.05) is 0 Å². The van der Waals surface area contributed by atoms with Gasteiger partial charge in [0.1, 0.15) is 12.3 Å². The van der Waals surface area contributed by atoms with E-state index in [-0.39, 0.29) is 6.61 Å². The summed E-state index contributed by atoms with van der Waals surface area (Å²) in [7, 11) is 0. The van der Waals surface area contributed by atoms with Gasteiger partial charge in [-0.15, -0.1) is 0 Å². The molecule has 4 N–H and O–H groups in total. The molecule has 0 bridgehead atoms. The first kappa shape index (κ1) is 9.85. The molecule has 0 saturated carbocycles. The number of rotatable bonds is 2. The van der Waals surface area contributed by atoms with Gasteiger partial charge in [-0.2, -0.15) is 0 Å². The maximum atomic E-state index is 13.0. The second-order valence-electron chi connectivity index (χ2n) is 3.16. The lowest BCUT2D eigenvalue weighted by atomic mass is 10.1. The first-order chi connectivity index (χ1) is 5.57. The lowest BCUT2D eigenvalue weighted by Gasteiger charge is -2.17. The van der Waals surface area contributed by atoms with Crippen LogP contribution in [0.25, 0.3) is 0 Å². The molecule has 0 unspecified atom stereocenters. The van der Waals surface area contributed by atoms with Crippen molar-refractivity contribution >= 4 is 0 Å². The van der Waals surface area contributed by atoms with Crippen molar-refractivity contribution in [3.8, 4) is 0 Å². The molecule has 12 heavy (non-hydrogen) atoms. The zero-order valence-electron chi connectivity index (χ0n) is 6.81. The molecule has 0 aromatic rings. The molecule has 72 valence electrons. The van der Waals surface area contributed by atoms with Crippen molar-refractivity contribution < 1.29 is 19.7 Å². The molecule has 0 aliphatic carbocycles. The SMILES string of the molecule is C[C@@H](O)[C@@H]1N[C@@H](CO)[C@H](F)[C@H]1O. The highest BCUT2D eigenvalue weighted by Crippen LogP contribution is 2.19. The number of nitrogens with one attached hydrogen (secondary N) is 1. The number of aliphatic hydroxyl groups is 3. The van der Waals surface area contributed by atoms with Gasteiger partial charge in [-0.25, -0.2) is 4.39 Å². The van der Waals surface area contributed by atoms with Gasteiger partial charge in [0.05, 0.1) is 24.8 Å². The first-order valence-corrected chi connectivity index (χ1v) is 3.95. The average molecular weight is 179 g/mol. The molecule has 1 saturated heterocycles. The van der Waals surface area contributed by atoms with Gasteiger partial charge in [0.2, 0.25) is 0 Å². The summed E-state index contributed by atoms with van der Waals surface area (Å²) < 4.78 is 13.0. The van der Waals surface area contributed by atoms with Gasteiger partial charge in [-0.05, 0) is 6.92 Å². The predicted molar refractivity (Wildman–Crippen MR) is 40.4 cm³/mol. The van der Waals surface area contributed by atoms with Gasteiger partial charge in [-0.3, -0.25) is 0 Å². The fraction of sp³-hybridized carbons (Fsp3) is 1.00. The van der Waals surface area contributed by atoms with Crippen LogP contribution in [-0.2, 0) is 0 Å². The van der Waals surface area contributed by atoms with Crippen LogP contribution in [0.2, 0.25) is 0 Å². The van der Waals surface area contributed by atoms with Crippen LogP contribution in [0.5, 0.6) is 0 Å². The summed E-state index contributed by atoms with van der Waals surface area (Å²) in [5.41, 5.74) is 0. The van der Waals surface area contributed by atoms with Crippen molar-refractivity contribution in [3.63, 3.8) is 0 Å². The fourth-order valence-electron chi connectivity index (χ4n) is 1.45. The van der Waals surface area contributed by atoms with Crippen molar-refractivity contribution in [1.29, 1.82) is 0 Å². The third-order valence-corrected chi connectivity index (χ3v) is 2.20. The molecule has 0 aromatic carbocycles. The molecule has 0 spiro atoms. The Morgan fingerprint density at radius 2 is 2.17 bits per heavy atom. The molecule has 5 heteroatoms. The summed E-state index contributed by atoms with van der Waals surface area (Å²) in [5, 5.41) is 29.6. The molecule has 4 nitrogen and oxygen atoms in total. The van der Waals surface area contributed by atoms with Crippen molar-refractivity contribution in [2.24, 2.45) is 0 Å². The predicted octanol–water partition coefficient (Wildman–Crippen LogP) is -1.60. The maximum Gasteiger partial charge on any atom is 0.145 e. The number of aliphatic hydroxyl groups excluding tert-OH is 3. The molecule has 1 heterocycles. The van der Waals surface area contributed by atoms with Crippen LogP contribution in [0, 0.1) is 0 Å². The minimum atomic E-state index is -1.50. The van der Waals surface area contributed by atoms with Crippen molar-refractivity contribution in [2.75, 3.05) is 6.61 Å². The standard InChI is InChI=1S/C7H14FNO3/c1-3(11)6-7(12)5(8)4(2-10)9-6/h3-7,9-12H,2H2,1H3/t3-,4+,5+,6+,7-/m1/s1. The Morgan fingerprint density at radius 1 is 1.58 bits per heavy atom. The summed E-state index contributed by atoms with van der Waals surface area (Å²) in [6.45, 7) is 1.09. The number of halogens is 1. The molecule has 1 aliphatic rings. The summed E-state index contributed by atoms with van der Waals surface area (Å²) >= 11 is 0. The molecule has 5 atom stereocenters. The average Bonchev–Trinajstić information content (AvgIpc) is 2.30. The van der Waals surface area contributed by atoms with E-state index in [2.05, 4.69) is 5.32 Å². The van der Waals surface area contributed by atoms with E-state index in [0.717, 1.165) is 0 Å². The normalized spacial score (nSPS) is 44.8. The highest BCUT2D eigenvalue weighted by molar-refractivity contribution is 5.00. The molecular formula is C7H14FNO3. The Balaban J connectivity index is 2.60. The molecule has 1 fully saturated rings. The quantitative estimate of drug-likeness (QED) is 0.412. The van der Waals surface area contributed by atoms with Crippen molar-refractivity contribution in [2.45, 2.75) is 37.4 Å². The largest absolute Gasteiger partial charge is 0.395 e. The highest BCUT2D eigenvalue weighted by atomic mass is 19.1. The second kappa shape index (κ2) is 3.66. The third kappa shape index (κ3) is 1.59. The van der Waals surface area contributed by atoms with Crippen molar-refractivity contribution in [1.82, 2.24) is 5.32 Å². The van der Waals surface area contributed by atoms with Gasteiger partial charge < -0.3 is 20.6 Å². The van der Waals surface area contributed by atoms with Crippen LogP contribution in [0.3, 0.4) is 0 Å². The van der Waals surface area contributed by atoms with Crippen LogP contribution in [-0.4, -0.2) is 52.4 Å². The molecule has 1 aliphatic heterocycles. The summed E-state index contributed by atoms with van der Waals surface area (Å²) in [5.74, 6) is 0. The summed E-state index contributed by atoms with van der Waals surface area (Å²) in [6, 6.07) is -1.45. The Labute approximate surface area is 70.0 Å². The molecule has 0 amide bonds. The van der Waals surface area contributed by atoms with E-state index in [0.29, 0.717) is 0 Å². The molecule has 0 radical (unpaired) electrons. The topological polar surface area (TPSA) is 72.7 Å². The molecule has 0 aromatic heterocycles. The first-order valence-electron chi connectivity index (χ1n) is 3.95. The lowest BCUT2D eigenvalue weighted by molar-refractivity contribution is 0.0386.